The zero-order chi connectivity index (χ0) is 21.8. The van der Waals surface area contributed by atoms with E-state index >= 15 is 0 Å². The number of halogens is 2. The molecule has 0 amide bonds. The number of fused-ring (bicyclic) bond motifs is 2. The molecular weight excluding hydrogens is 475 g/mol. The molecule has 188 valence electrons. The Morgan fingerprint density at radius 3 is 2.44 bits per heavy atom. The number of piperidine rings is 1. The molecule has 1 saturated heterocycles. The molecule has 1 fully saturated rings. The molecule has 8 heteroatoms. The van der Waals surface area contributed by atoms with Crippen LogP contribution in [0.4, 0.5) is 0 Å². The quantitative estimate of drug-likeness (QED) is 0.475. The SMILES string of the molecule is COc1ccc(OCCCN2CCCC(CN3CCc4cc5c(cc4C3)OCO5)C2)cc1.Cl.Cl. The third kappa shape index (κ3) is 6.63. The number of benzene rings is 2. The molecule has 6 nitrogen and oxygen atoms in total. The summed E-state index contributed by atoms with van der Waals surface area (Å²) in [5.74, 6) is 4.35. The number of nitrogens with zero attached hydrogens (tertiary/aromatic N) is 2. The number of methoxy groups -OCH3 is 1. The van der Waals surface area contributed by atoms with Gasteiger partial charge in [0.1, 0.15) is 11.5 Å². The van der Waals surface area contributed by atoms with Gasteiger partial charge < -0.3 is 23.8 Å². The van der Waals surface area contributed by atoms with Crippen molar-refractivity contribution in [3.05, 3.63) is 47.5 Å². The number of hydrogen-bond acceptors (Lipinski definition) is 6. The molecule has 2 aromatic carbocycles. The molecule has 3 heterocycles. The molecule has 0 radical (unpaired) electrons. The van der Waals surface area contributed by atoms with Crippen molar-refractivity contribution in [2.45, 2.75) is 32.2 Å². The van der Waals surface area contributed by atoms with Gasteiger partial charge in [-0.05, 0) is 85.7 Å². The molecule has 0 N–H and O–H groups in total. The summed E-state index contributed by atoms with van der Waals surface area (Å²) in [4.78, 5) is 5.26. The largest absolute Gasteiger partial charge is 0.497 e. The van der Waals surface area contributed by atoms with E-state index in [0.29, 0.717) is 6.79 Å². The highest BCUT2D eigenvalue weighted by molar-refractivity contribution is 5.85. The summed E-state index contributed by atoms with van der Waals surface area (Å²) in [5, 5.41) is 0. The normalized spacial score (nSPS) is 19.5. The van der Waals surface area contributed by atoms with Crippen LogP contribution in [0.25, 0.3) is 0 Å². The number of ether oxygens (including phenoxy) is 4. The average Bonchev–Trinajstić information content (AvgIpc) is 3.28. The topological polar surface area (TPSA) is 43.4 Å². The zero-order valence-electron chi connectivity index (χ0n) is 19.9. The minimum atomic E-state index is 0. The monoisotopic (exact) mass is 510 g/mol. The number of hydrogen-bond donors (Lipinski definition) is 0. The van der Waals surface area contributed by atoms with Crippen LogP contribution in [-0.2, 0) is 13.0 Å². The first-order valence-corrected chi connectivity index (χ1v) is 11.9. The van der Waals surface area contributed by atoms with Crippen molar-refractivity contribution in [1.82, 2.24) is 9.80 Å². The first-order valence-electron chi connectivity index (χ1n) is 11.9. The highest BCUT2D eigenvalue weighted by Gasteiger charge is 2.26. The zero-order valence-corrected chi connectivity index (χ0v) is 21.5. The van der Waals surface area contributed by atoms with E-state index in [2.05, 4.69) is 21.9 Å². The smallest absolute Gasteiger partial charge is 0.231 e. The maximum atomic E-state index is 5.90. The molecule has 3 aliphatic rings. The van der Waals surface area contributed by atoms with E-state index in [1.54, 1.807) is 7.11 Å². The predicted octanol–water partition coefficient (Wildman–Crippen LogP) is 4.81. The van der Waals surface area contributed by atoms with Crippen LogP contribution in [0, 0.1) is 5.92 Å². The standard InChI is InChI=1S/C26H34N2O4.2ClH/c1-29-23-5-7-24(8-6-23)30-13-3-11-27-10-2-4-20(16-27)17-28-12-9-21-14-25-26(32-19-31-25)15-22(21)18-28;;/h5-8,14-15,20H,2-4,9-13,16-19H2,1H3;2*1H. The van der Waals surface area contributed by atoms with Gasteiger partial charge in [-0.25, -0.2) is 0 Å². The van der Waals surface area contributed by atoms with Gasteiger partial charge in [-0.2, -0.15) is 0 Å². The molecule has 0 aromatic heterocycles. The van der Waals surface area contributed by atoms with Gasteiger partial charge in [0.05, 0.1) is 13.7 Å². The van der Waals surface area contributed by atoms with Crippen molar-refractivity contribution in [2.75, 3.05) is 53.2 Å². The van der Waals surface area contributed by atoms with Gasteiger partial charge in [0.2, 0.25) is 6.79 Å². The Morgan fingerprint density at radius 2 is 1.68 bits per heavy atom. The first-order chi connectivity index (χ1) is 15.8. The second-order valence-electron chi connectivity index (χ2n) is 9.15. The van der Waals surface area contributed by atoms with E-state index in [0.717, 1.165) is 68.0 Å². The van der Waals surface area contributed by atoms with Gasteiger partial charge >= 0.3 is 0 Å². The minimum Gasteiger partial charge on any atom is -0.497 e. The Hall–Kier alpha value is -1.86. The molecule has 0 bridgehead atoms. The van der Waals surface area contributed by atoms with Crippen LogP contribution in [0.5, 0.6) is 23.0 Å². The maximum absolute atomic E-state index is 5.90. The Balaban J connectivity index is 0.00000162. The molecule has 5 rings (SSSR count). The second-order valence-corrected chi connectivity index (χ2v) is 9.15. The summed E-state index contributed by atoms with van der Waals surface area (Å²) < 4.78 is 22.2. The van der Waals surface area contributed by atoms with Crippen molar-refractivity contribution >= 4 is 24.8 Å². The van der Waals surface area contributed by atoms with Crippen LogP contribution < -0.4 is 18.9 Å². The molecule has 2 aromatic rings. The molecule has 3 aliphatic heterocycles. The Morgan fingerprint density at radius 1 is 0.941 bits per heavy atom. The molecule has 1 atom stereocenters. The summed E-state index contributed by atoms with van der Waals surface area (Å²) >= 11 is 0. The minimum absolute atomic E-state index is 0. The van der Waals surface area contributed by atoms with E-state index < -0.39 is 0 Å². The summed E-state index contributed by atoms with van der Waals surface area (Å²) in [6.45, 7) is 7.98. The lowest BCUT2D eigenvalue weighted by Crippen LogP contribution is -2.42. The lowest BCUT2D eigenvalue weighted by Gasteiger charge is -2.37. The Kier molecular flexibility index (Phi) is 10.0. The lowest BCUT2D eigenvalue weighted by atomic mass is 9.94. The fourth-order valence-electron chi connectivity index (χ4n) is 5.18. The molecular formula is C26H36Cl2N2O4. The van der Waals surface area contributed by atoms with Crippen LogP contribution >= 0.6 is 24.8 Å². The van der Waals surface area contributed by atoms with Gasteiger partial charge in [0.25, 0.3) is 0 Å². The molecule has 0 aliphatic carbocycles. The van der Waals surface area contributed by atoms with E-state index in [1.807, 2.05) is 24.3 Å². The van der Waals surface area contributed by atoms with Gasteiger partial charge in [-0.1, -0.05) is 0 Å². The second kappa shape index (κ2) is 12.7. The number of rotatable bonds is 8. The average molecular weight is 511 g/mol. The summed E-state index contributed by atoms with van der Waals surface area (Å²) in [7, 11) is 1.68. The third-order valence-electron chi connectivity index (χ3n) is 6.85. The maximum Gasteiger partial charge on any atom is 0.231 e. The van der Waals surface area contributed by atoms with E-state index in [-0.39, 0.29) is 24.8 Å². The fourth-order valence-corrected chi connectivity index (χ4v) is 5.18. The van der Waals surface area contributed by atoms with Crippen molar-refractivity contribution in [1.29, 1.82) is 0 Å². The predicted molar refractivity (Wildman–Crippen MR) is 138 cm³/mol. The van der Waals surface area contributed by atoms with Crippen LogP contribution in [0.3, 0.4) is 0 Å². The van der Waals surface area contributed by atoms with Gasteiger partial charge in [-0.15, -0.1) is 24.8 Å². The van der Waals surface area contributed by atoms with E-state index in [1.165, 1.54) is 43.6 Å². The van der Waals surface area contributed by atoms with Crippen LogP contribution in [0.15, 0.2) is 36.4 Å². The number of likely N-dealkylation sites (tertiary alicyclic amines) is 1. The van der Waals surface area contributed by atoms with E-state index in [9.17, 15) is 0 Å². The molecule has 1 unspecified atom stereocenters. The summed E-state index contributed by atoms with van der Waals surface area (Å²) in [6.07, 6.45) is 4.80. The highest BCUT2D eigenvalue weighted by atomic mass is 35.5. The Labute approximate surface area is 215 Å². The molecule has 34 heavy (non-hydrogen) atoms. The molecule has 0 saturated carbocycles. The van der Waals surface area contributed by atoms with Crippen molar-refractivity contribution in [3.8, 4) is 23.0 Å². The highest BCUT2D eigenvalue weighted by Crippen LogP contribution is 2.37. The fraction of sp³-hybridized carbons (Fsp3) is 0.538. The van der Waals surface area contributed by atoms with Crippen molar-refractivity contribution in [2.24, 2.45) is 5.92 Å². The lowest BCUT2D eigenvalue weighted by molar-refractivity contribution is 0.121. The first kappa shape index (κ1) is 26.7. The third-order valence-corrected chi connectivity index (χ3v) is 6.85. The van der Waals surface area contributed by atoms with Crippen LogP contribution in [-0.4, -0.2) is 63.0 Å². The van der Waals surface area contributed by atoms with E-state index in [4.69, 9.17) is 18.9 Å². The van der Waals surface area contributed by atoms with Gasteiger partial charge in [0.15, 0.2) is 11.5 Å². The Bertz CT molecular complexity index is 912. The van der Waals surface area contributed by atoms with Crippen molar-refractivity contribution in [3.63, 3.8) is 0 Å². The van der Waals surface area contributed by atoms with Crippen LogP contribution in [0.1, 0.15) is 30.4 Å². The molecule has 0 spiro atoms. The summed E-state index contributed by atoms with van der Waals surface area (Å²) in [6, 6.07) is 12.2. The van der Waals surface area contributed by atoms with Gasteiger partial charge in [0, 0.05) is 32.7 Å². The van der Waals surface area contributed by atoms with Gasteiger partial charge in [-0.3, -0.25) is 4.90 Å². The van der Waals surface area contributed by atoms with Crippen molar-refractivity contribution < 1.29 is 18.9 Å². The summed E-state index contributed by atoms with van der Waals surface area (Å²) in [5.41, 5.74) is 2.83. The van der Waals surface area contributed by atoms with Crippen LogP contribution in [0.2, 0.25) is 0 Å².